The zero-order valence-electron chi connectivity index (χ0n) is 21.7. The molecule has 2 heterocycles. The molecule has 5 nitrogen and oxygen atoms in total. The first-order valence-electron chi connectivity index (χ1n) is 12.8. The van der Waals surface area contributed by atoms with Crippen LogP contribution in [0.15, 0.2) is 54.6 Å². The topological polar surface area (TPSA) is 42.0 Å². The van der Waals surface area contributed by atoms with Crippen LogP contribution in [-0.4, -0.2) is 47.7 Å². The van der Waals surface area contributed by atoms with Crippen LogP contribution >= 0.6 is 0 Å². The highest BCUT2D eigenvalue weighted by atomic mass is 16.6. The fraction of sp³-hybridized carbons (Fsp3) is 0.552. The zero-order chi connectivity index (χ0) is 24.6. The maximum atomic E-state index is 12.4. The molecule has 0 atom stereocenters. The highest BCUT2D eigenvalue weighted by Gasteiger charge is 2.39. The van der Waals surface area contributed by atoms with E-state index in [2.05, 4.69) is 23.1 Å². The first-order chi connectivity index (χ1) is 16.3. The molecular formula is C29H42N2O3. The second-order valence-corrected chi connectivity index (χ2v) is 10.3. The number of carbonyl (C=O) groups is 1. The Kier molecular flexibility index (Phi) is 9.01. The molecule has 0 N–H and O–H groups in total. The Hall–Kier alpha value is -2.53. The molecule has 0 aromatic heterocycles. The third kappa shape index (κ3) is 7.49. The van der Waals surface area contributed by atoms with Gasteiger partial charge in [0.2, 0.25) is 0 Å². The van der Waals surface area contributed by atoms with Gasteiger partial charge in [0.25, 0.3) is 0 Å². The predicted octanol–water partition coefficient (Wildman–Crippen LogP) is 7.12. The summed E-state index contributed by atoms with van der Waals surface area (Å²) < 4.78 is 11.5. The Labute approximate surface area is 206 Å². The number of piperidine rings is 2. The molecular weight excluding hydrogens is 424 g/mol. The van der Waals surface area contributed by atoms with Crippen molar-refractivity contribution in [2.24, 2.45) is 5.41 Å². The van der Waals surface area contributed by atoms with Crippen LogP contribution in [0.4, 0.5) is 4.79 Å². The molecule has 2 fully saturated rings. The van der Waals surface area contributed by atoms with Gasteiger partial charge in [-0.25, -0.2) is 4.79 Å². The van der Waals surface area contributed by atoms with Crippen molar-refractivity contribution in [3.05, 3.63) is 60.2 Å². The van der Waals surface area contributed by atoms with E-state index >= 15 is 0 Å². The van der Waals surface area contributed by atoms with E-state index in [9.17, 15) is 4.79 Å². The fourth-order valence-electron chi connectivity index (χ4n) is 4.77. The number of ether oxygens (including phenoxy) is 2. The van der Waals surface area contributed by atoms with Gasteiger partial charge in [0, 0.05) is 19.6 Å². The van der Waals surface area contributed by atoms with E-state index in [-0.39, 0.29) is 6.09 Å². The molecule has 2 aliphatic heterocycles. The molecule has 2 aliphatic rings. The third-order valence-corrected chi connectivity index (χ3v) is 6.68. The lowest BCUT2D eigenvalue weighted by atomic mass is 9.71. The monoisotopic (exact) mass is 466 g/mol. The number of carbonyl (C=O) groups excluding carboxylic acids is 1. The van der Waals surface area contributed by atoms with Crippen LogP contribution in [0.3, 0.4) is 0 Å². The summed E-state index contributed by atoms with van der Waals surface area (Å²) in [6.45, 7) is 14.6. The molecule has 34 heavy (non-hydrogen) atoms. The first-order valence-corrected chi connectivity index (χ1v) is 12.8. The Morgan fingerprint density at radius 3 is 2.06 bits per heavy atom. The minimum atomic E-state index is -0.430. The standard InChI is InChI=1S/C27H36N2O3.C2H6/c1-26(2,3)32-25(30)29-18-14-27(15-19-29)12-16-28(17-13-27)21-22-8-7-11-24(20-22)31-23-9-5-4-6-10-23;1-2/h4-11,20H,12-19,21H2,1-3H3;1-2H3. The van der Waals surface area contributed by atoms with E-state index in [0.29, 0.717) is 5.41 Å². The van der Waals surface area contributed by atoms with Gasteiger partial charge in [0.1, 0.15) is 17.1 Å². The van der Waals surface area contributed by atoms with Crippen molar-refractivity contribution in [3.63, 3.8) is 0 Å². The van der Waals surface area contributed by atoms with Crippen molar-refractivity contribution in [1.29, 1.82) is 0 Å². The van der Waals surface area contributed by atoms with Gasteiger partial charge in [-0.15, -0.1) is 0 Å². The number of hydrogen-bond donors (Lipinski definition) is 0. The van der Waals surface area contributed by atoms with Crippen molar-refractivity contribution in [2.45, 2.75) is 72.4 Å². The quantitative estimate of drug-likeness (QED) is 0.481. The largest absolute Gasteiger partial charge is 0.457 e. The molecule has 2 saturated heterocycles. The van der Waals surface area contributed by atoms with Crippen LogP contribution < -0.4 is 4.74 Å². The number of para-hydroxylation sites is 1. The Morgan fingerprint density at radius 2 is 1.44 bits per heavy atom. The highest BCUT2D eigenvalue weighted by molar-refractivity contribution is 5.68. The summed E-state index contributed by atoms with van der Waals surface area (Å²) in [7, 11) is 0. The molecule has 2 aromatic rings. The summed E-state index contributed by atoms with van der Waals surface area (Å²) >= 11 is 0. The summed E-state index contributed by atoms with van der Waals surface area (Å²) in [4.78, 5) is 16.8. The van der Waals surface area contributed by atoms with Gasteiger partial charge in [-0.1, -0.05) is 44.2 Å². The minimum absolute atomic E-state index is 0.164. The van der Waals surface area contributed by atoms with E-state index in [4.69, 9.17) is 9.47 Å². The lowest BCUT2D eigenvalue weighted by molar-refractivity contribution is -0.00312. The van der Waals surface area contributed by atoms with Crippen LogP contribution in [0.2, 0.25) is 0 Å². The van der Waals surface area contributed by atoms with Crippen molar-refractivity contribution < 1.29 is 14.3 Å². The average molecular weight is 467 g/mol. The maximum absolute atomic E-state index is 12.4. The van der Waals surface area contributed by atoms with Crippen LogP contribution in [0.1, 0.15) is 65.9 Å². The van der Waals surface area contributed by atoms with Gasteiger partial charge in [-0.3, -0.25) is 4.90 Å². The third-order valence-electron chi connectivity index (χ3n) is 6.68. The number of benzene rings is 2. The predicted molar refractivity (Wildman–Crippen MR) is 138 cm³/mol. The molecule has 1 amide bonds. The molecule has 0 unspecified atom stereocenters. The Bertz CT molecular complexity index is 889. The SMILES string of the molecule is CC.CC(C)(C)OC(=O)N1CCC2(CCN(Cc3cccc(Oc4ccccc4)c3)CC2)CC1. The van der Waals surface area contributed by atoms with Crippen LogP contribution in [-0.2, 0) is 11.3 Å². The van der Waals surface area contributed by atoms with Gasteiger partial charge < -0.3 is 14.4 Å². The summed E-state index contributed by atoms with van der Waals surface area (Å²) in [5.41, 5.74) is 1.24. The van der Waals surface area contributed by atoms with Gasteiger partial charge in [0.05, 0.1) is 0 Å². The summed E-state index contributed by atoms with van der Waals surface area (Å²) in [6, 6.07) is 18.3. The van der Waals surface area contributed by atoms with Gasteiger partial charge in [-0.05, 0) is 94.8 Å². The Morgan fingerprint density at radius 1 is 0.853 bits per heavy atom. The van der Waals surface area contributed by atoms with E-state index in [1.54, 1.807) is 0 Å². The van der Waals surface area contributed by atoms with Crippen molar-refractivity contribution in [3.8, 4) is 11.5 Å². The van der Waals surface area contributed by atoms with E-state index < -0.39 is 5.60 Å². The molecule has 0 radical (unpaired) electrons. The van der Waals surface area contributed by atoms with Crippen LogP contribution in [0.5, 0.6) is 11.5 Å². The normalized spacial score (nSPS) is 18.1. The van der Waals surface area contributed by atoms with Gasteiger partial charge >= 0.3 is 6.09 Å². The minimum Gasteiger partial charge on any atom is -0.457 e. The van der Waals surface area contributed by atoms with Crippen molar-refractivity contribution >= 4 is 6.09 Å². The van der Waals surface area contributed by atoms with Crippen molar-refractivity contribution in [2.75, 3.05) is 26.2 Å². The van der Waals surface area contributed by atoms with E-state index in [1.165, 1.54) is 18.4 Å². The molecule has 1 spiro atoms. The lowest BCUT2D eigenvalue weighted by Gasteiger charge is -2.46. The molecule has 186 valence electrons. The number of amides is 1. The van der Waals surface area contributed by atoms with Gasteiger partial charge in [0.15, 0.2) is 0 Å². The van der Waals surface area contributed by atoms with E-state index in [1.807, 2.05) is 75.9 Å². The summed E-state index contributed by atoms with van der Waals surface area (Å²) in [5, 5.41) is 0. The molecule has 0 bridgehead atoms. The molecule has 0 saturated carbocycles. The van der Waals surface area contributed by atoms with Crippen LogP contribution in [0.25, 0.3) is 0 Å². The number of likely N-dealkylation sites (tertiary alicyclic amines) is 2. The first kappa shape index (κ1) is 26.1. The molecule has 4 rings (SSSR count). The molecule has 5 heteroatoms. The highest BCUT2D eigenvalue weighted by Crippen LogP contribution is 2.41. The lowest BCUT2D eigenvalue weighted by Crippen LogP contribution is -2.49. The summed E-state index contributed by atoms with van der Waals surface area (Å²) in [6.07, 6.45) is 4.41. The Balaban J connectivity index is 0.00000158. The molecule has 2 aromatic carbocycles. The average Bonchev–Trinajstić information content (AvgIpc) is 2.82. The second-order valence-electron chi connectivity index (χ2n) is 10.3. The fourth-order valence-corrected chi connectivity index (χ4v) is 4.77. The van der Waals surface area contributed by atoms with Crippen LogP contribution in [0, 0.1) is 5.41 Å². The van der Waals surface area contributed by atoms with E-state index in [0.717, 1.165) is 57.1 Å². The smallest absolute Gasteiger partial charge is 0.410 e. The zero-order valence-corrected chi connectivity index (χ0v) is 21.7. The number of nitrogens with zero attached hydrogens (tertiary/aromatic N) is 2. The maximum Gasteiger partial charge on any atom is 0.410 e. The van der Waals surface area contributed by atoms with Crippen molar-refractivity contribution in [1.82, 2.24) is 9.80 Å². The molecule has 0 aliphatic carbocycles. The number of rotatable bonds is 4. The summed E-state index contributed by atoms with van der Waals surface area (Å²) in [5.74, 6) is 1.75. The second kappa shape index (κ2) is 11.7. The van der Waals surface area contributed by atoms with Gasteiger partial charge in [-0.2, -0.15) is 0 Å². The number of hydrogen-bond acceptors (Lipinski definition) is 4.